The van der Waals surface area contributed by atoms with E-state index in [0.717, 1.165) is 19.6 Å². The lowest BCUT2D eigenvalue weighted by molar-refractivity contribution is 0.0909. The molecule has 0 aromatic rings. The molecule has 0 aromatic carbocycles. The Labute approximate surface area is 104 Å². The van der Waals surface area contributed by atoms with Crippen LogP contribution in [0.5, 0.6) is 0 Å². The van der Waals surface area contributed by atoms with Crippen molar-refractivity contribution < 1.29 is 0 Å². The van der Waals surface area contributed by atoms with Gasteiger partial charge in [-0.15, -0.1) is 0 Å². The molecule has 2 heteroatoms. The van der Waals surface area contributed by atoms with E-state index in [0.29, 0.717) is 5.41 Å². The first-order valence-electron chi connectivity index (χ1n) is 6.62. The number of nitrogens with one attached hydrogen (secondary N) is 1. The molecule has 0 fully saturated rings. The van der Waals surface area contributed by atoms with Crippen molar-refractivity contribution >= 4 is 0 Å². The summed E-state index contributed by atoms with van der Waals surface area (Å²) < 4.78 is 0. The van der Waals surface area contributed by atoms with Crippen LogP contribution in [0.25, 0.3) is 0 Å². The van der Waals surface area contributed by atoms with E-state index in [1.807, 2.05) is 20.9 Å². The second-order valence-electron chi connectivity index (χ2n) is 5.88. The molecule has 0 amide bonds. The Hall–Kier alpha value is -0.0800. The third-order valence-corrected chi connectivity index (χ3v) is 2.60. The van der Waals surface area contributed by atoms with Gasteiger partial charge in [0.15, 0.2) is 0 Å². The van der Waals surface area contributed by atoms with Gasteiger partial charge < -0.3 is 5.32 Å². The van der Waals surface area contributed by atoms with Crippen LogP contribution >= 0.6 is 0 Å². The van der Waals surface area contributed by atoms with E-state index < -0.39 is 0 Å². The first-order valence-corrected chi connectivity index (χ1v) is 6.62. The van der Waals surface area contributed by atoms with E-state index in [9.17, 15) is 0 Å². The number of hydrogen-bond donors (Lipinski definition) is 1. The Morgan fingerprint density at radius 3 is 1.69 bits per heavy atom. The maximum absolute atomic E-state index is 3.26. The van der Waals surface area contributed by atoms with Gasteiger partial charge in [0.25, 0.3) is 0 Å². The SMILES string of the molecule is CC.CCN(CC(C)(C)CNC)C(C)(C)C. The molecule has 0 bridgehead atoms. The highest BCUT2D eigenvalue weighted by atomic mass is 15.2. The summed E-state index contributed by atoms with van der Waals surface area (Å²) in [5, 5.41) is 3.26. The Morgan fingerprint density at radius 2 is 1.44 bits per heavy atom. The predicted octanol–water partition coefficient (Wildman–Crippen LogP) is 3.38. The molecule has 0 heterocycles. The van der Waals surface area contributed by atoms with E-state index in [1.54, 1.807) is 0 Å². The molecule has 0 radical (unpaired) electrons. The lowest BCUT2D eigenvalue weighted by atomic mass is 9.90. The third-order valence-electron chi connectivity index (χ3n) is 2.60. The summed E-state index contributed by atoms with van der Waals surface area (Å²) in [6, 6.07) is 0. The van der Waals surface area contributed by atoms with Crippen molar-refractivity contribution in [3.63, 3.8) is 0 Å². The fourth-order valence-electron chi connectivity index (χ4n) is 1.87. The lowest BCUT2D eigenvalue weighted by Crippen LogP contribution is -2.48. The van der Waals surface area contributed by atoms with Gasteiger partial charge in [0.05, 0.1) is 0 Å². The maximum Gasteiger partial charge on any atom is 0.0125 e. The largest absolute Gasteiger partial charge is 0.319 e. The number of hydrogen-bond acceptors (Lipinski definition) is 2. The zero-order valence-electron chi connectivity index (χ0n) is 13.1. The van der Waals surface area contributed by atoms with Crippen LogP contribution in [-0.2, 0) is 0 Å². The normalized spacial score (nSPS) is 12.4. The van der Waals surface area contributed by atoms with Gasteiger partial charge in [-0.1, -0.05) is 34.6 Å². The van der Waals surface area contributed by atoms with Crippen LogP contribution < -0.4 is 5.32 Å². The zero-order valence-corrected chi connectivity index (χ0v) is 13.1. The quantitative estimate of drug-likeness (QED) is 0.779. The molecule has 100 valence electrons. The summed E-state index contributed by atoms with van der Waals surface area (Å²) in [4.78, 5) is 2.53. The first-order chi connectivity index (χ1) is 7.23. The van der Waals surface area contributed by atoms with Gasteiger partial charge in [-0.25, -0.2) is 0 Å². The Morgan fingerprint density at radius 1 is 1.00 bits per heavy atom. The molecule has 0 aliphatic heterocycles. The standard InChI is InChI=1S/C12H28N2.C2H6/c1-8-14(11(2,3)4)10-12(5,6)9-13-7;1-2/h13H,8-10H2,1-7H3;1-2H3. The van der Waals surface area contributed by atoms with Gasteiger partial charge >= 0.3 is 0 Å². The second-order valence-corrected chi connectivity index (χ2v) is 5.88. The molecule has 0 atom stereocenters. The van der Waals surface area contributed by atoms with Crippen molar-refractivity contribution in [2.45, 2.75) is 60.9 Å². The number of nitrogens with zero attached hydrogens (tertiary/aromatic N) is 1. The summed E-state index contributed by atoms with van der Waals surface area (Å²) in [5.41, 5.74) is 0.623. The topological polar surface area (TPSA) is 15.3 Å². The highest BCUT2D eigenvalue weighted by Crippen LogP contribution is 2.21. The molecule has 1 N–H and O–H groups in total. The molecule has 0 aliphatic rings. The summed E-state index contributed by atoms with van der Waals surface area (Å²) in [6.07, 6.45) is 0. The van der Waals surface area contributed by atoms with Gasteiger partial charge in [-0.05, 0) is 39.8 Å². The Kier molecular flexibility index (Phi) is 9.23. The summed E-state index contributed by atoms with van der Waals surface area (Å²) in [7, 11) is 2.02. The van der Waals surface area contributed by atoms with Gasteiger partial charge in [-0.2, -0.15) is 0 Å². The molecule has 2 nitrogen and oxygen atoms in total. The molecular weight excluding hydrogens is 196 g/mol. The Balaban J connectivity index is 0. The van der Waals surface area contributed by atoms with E-state index in [4.69, 9.17) is 0 Å². The lowest BCUT2D eigenvalue weighted by Gasteiger charge is -2.40. The maximum atomic E-state index is 3.26. The molecule has 0 saturated heterocycles. The molecular formula is C14H34N2. The van der Waals surface area contributed by atoms with Crippen molar-refractivity contribution in [1.29, 1.82) is 0 Å². The van der Waals surface area contributed by atoms with Crippen LogP contribution in [0.15, 0.2) is 0 Å². The molecule has 0 saturated carbocycles. The average Bonchev–Trinajstić information content (AvgIpc) is 2.15. The minimum absolute atomic E-state index is 0.278. The molecule has 0 aliphatic carbocycles. The average molecular weight is 230 g/mol. The fourth-order valence-corrected chi connectivity index (χ4v) is 1.87. The van der Waals surface area contributed by atoms with E-state index in [2.05, 4.69) is 51.8 Å². The monoisotopic (exact) mass is 230 g/mol. The number of rotatable bonds is 5. The predicted molar refractivity (Wildman–Crippen MR) is 76.1 cm³/mol. The van der Waals surface area contributed by atoms with Gasteiger partial charge in [0, 0.05) is 18.6 Å². The Bertz CT molecular complexity index is 157. The van der Waals surface area contributed by atoms with Crippen LogP contribution in [0, 0.1) is 5.41 Å². The van der Waals surface area contributed by atoms with E-state index >= 15 is 0 Å². The van der Waals surface area contributed by atoms with E-state index in [-0.39, 0.29) is 5.54 Å². The van der Waals surface area contributed by atoms with Gasteiger partial charge in [0.1, 0.15) is 0 Å². The summed E-state index contributed by atoms with van der Waals surface area (Å²) in [5.74, 6) is 0. The molecule has 0 rings (SSSR count). The molecule has 0 aromatic heterocycles. The molecule has 16 heavy (non-hydrogen) atoms. The first kappa shape index (κ1) is 18.3. The van der Waals surface area contributed by atoms with Gasteiger partial charge in [-0.3, -0.25) is 4.90 Å². The van der Waals surface area contributed by atoms with Crippen LogP contribution in [0.3, 0.4) is 0 Å². The highest BCUT2D eigenvalue weighted by Gasteiger charge is 2.26. The van der Waals surface area contributed by atoms with Crippen molar-refractivity contribution in [3.05, 3.63) is 0 Å². The highest BCUT2D eigenvalue weighted by molar-refractivity contribution is 4.82. The van der Waals surface area contributed by atoms with Crippen molar-refractivity contribution in [2.24, 2.45) is 5.41 Å². The smallest absolute Gasteiger partial charge is 0.0125 e. The minimum atomic E-state index is 0.278. The van der Waals surface area contributed by atoms with Crippen LogP contribution in [0.1, 0.15) is 55.4 Å². The van der Waals surface area contributed by atoms with Crippen molar-refractivity contribution in [3.8, 4) is 0 Å². The van der Waals surface area contributed by atoms with Crippen LogP contribution in [0.2, 0.25) is 0 Å². The van der Waals surface area contributed by atoms with Crippen molar-refractivity contribution in [1.82, 2.24) is 10.2 Å². The van der Waals surface area contributed by atoms with Gasteiger partial charge in [0.2, 0.25) is 0 Å². The van der Waals surface area contributed by atoms with Crippen LogP contribution in [-0.4, -0.2) is 37.1 Å². The molecule has 0 spiro atoms. The zero-order chi connectivity index (χ0) is 13.4. The van der Waals surface area contributed by atoms with Crippen LogP contribution in [0.4, 0.5) is 0 Å². The third kappa shape index (κ3) is 8.12. The second kappa shape index (κ2) is 8.08. The summed E-state index contributed by atoms with van der Waals surface area (Å²) >= 11 is 0. The minimum Gasteiger partial charge on any atom is -0.319 e. The van der Waals surface area contributed by atoms with E-state index in [1.165, 1.54) is 0 Å². The van der Waals surface area contributed by atoms with Crippen molar-refractivity contribution in [2.75, 3.05) is 26.7 Å². The summed E-state index contributed by atoms with van der Waals surface area (Å²) in [6.45, 7) is 21.1. The fraction of sp³-hybridized carbons (Fsp3) is 1.00. The molecule has 0 unspecified atom stereocenters.